The van der Waals surface area contributed by atoms with E-state index >= 15 is 0 Å². The Hall–Kier alpha value is -2.86. The summed E-state index contributed by atoms with van der Waals surface area (Å²) in [6.07, 6.45) is -0.0255. The Kier molecular flexibility index (Phi) is 4.77. The van der Waals surface area contributed by atoms with Crippen molar-refractivity contribution in [3.63, 3.8) is 0 Å². The number of carbonyl (C=O) groups excluding carboxylic acids is 1. The molecule has 0 radical (unpaired) electrons. The lowest BCUT2D eigenvalue weighted by atomic mass is 10.2. The normalized spacial score (nSPS) is 10.5. The molecule has 3 rings (SSSR count). The minimum absolute atomic E-state index is 0.0255. The van der Waals surface area contributed by atoms with Crippen LogP contribution in [-0.2, 0) is 11.2 Å². The molecule has 2 aromatic carbocycles. The van der Waals surface area contributed by atoms with Gasteiger partial charge < -0.3 is 5.73 Å². The van der Waals surface area contributed by atoms with Crippen LogP contribution in [0.5, 0.6) is 0 Å². The van der Waals surface area contributed by atoms with Crippen molar-refractivity contribution in [2.24, 2.45) is 5.73 Å². The molecule has 6 heteroatoms. The van der Waals surface area contributed by atoms with Crippen LogP contribution >= 0.6 is 11.8 Å². The number of para-hydroxylation sites is 1. The molecule has 0 bridgehead atoms. The van der Waals surface area contributed by atoms with E-state index in [-0.39, 0.29) is 12.0 Å². The fraction of sp³-hybridized carbons (Fsp3) is 0.0556. The summed E-state index contributed by atoms with van der Waals surface area (Å²) < 4.78 is 1.29. The van der Waals surface area contributed by atoms with E-state index < -0.39 is 5.91 Å². The van der Waals surface area contributed by atoms with E-state index in [1.54, 1.807) is 12.1 Å². The molecular weight excluding hydrogens is 322 g/mol. The second-order valence-electron chi connectivity index (χ2n) is 5.10. The first-order chi connectivity index (χ1) is 11.6. The minimum atomic E-state index is -0.490. The van der Waals surface area contributed by atoms with Gasteiger partial charge in [-0.15, -0.1) is 0 Å². The first-order valence-corrected chi connectivity index (χ1v) is 8.15. The van der Waals surface area contributed by atoms with E-state index in [1.807, 2.05) is 48.5 Å². The number of amides is 1. The van der Waals surface area contributed by atoms with Crippen molar-refractivity contribution in [3.05, 3.63) is 82.8 Å². The van der Waals surface area contributed by atoms with Gasteiger partial charge in [0.05, 0.1) is 17.8 Å². The summed E-state index contributed by atoms with van der Waals surface area (Å²) in [6, 6.07) is 20.2. The van der Waals surface area contributed by atoms with E-state index in [9.17, 15) is 9.59 Å². The Balaban J connectivity index is 2.07. The van der Waals surface area contributed by atoms with Crippen LogP contribution in [0.15, 0.2) is 81.3 Å². The number of primary amides is 1. The van der Waals surface area contributed by atoms with Gasteiger partial charge in [0.25, 0.3) is 5.56 Å². The van der Waals surface area contributed by atoms with Crippen LogP contribution in [0.3, 0.4) is 0 Å². The maximum atomic E-state index is 12.4. The third kappa shape index (κ3) is 3.72. The van der Waals surface area contributed by atoms with Crippen LogP contribution in [0.2, 0.25) is 0 Å². The highest BCUT2D eigenvalue weighted by molar-refractivity contribution is 7.99. The predicted octanol–water partition coefficient (Wildman–Crippen LogP) is 2.41. The van der Waals surface area contributed by atoms with Crippen LogP contribution in [0.25, 0.3) is 5.69 Å². The Labute approximate surface area is 143 Å². The molecule has 2 N–H and O–H groups in total. The zero-order valence-corrected chi connectivity index (χ0v) is 13.6. The van der Waals surface area contributed by atoms with E-state index in [2.05, 4.69) is 5.10 Å². The van der Waals surface area contributed by atoms with Gasteiger partial charge in [-0.1, -0.05) is 48.2 Å². The van der Waals surface area contributed by atoms with Gasteiger partial charge in [-0.05, 0) is 24.3 Å². The summed E-state index contributed by atoms with van der Waals surface area (Å²) in [7, 11) is 0. The first kappa shape index (κ1) is 16.0. The van der Waals surface area contributed by atoms with Gasteiger partial charge in [0.1, 0.15) is 0 Å². The Morgan fingerprint density at radius 3 is 2.29 bits per heavy atom. The van der Waals surface area contributed by atoms with E-state index in [4.69, 9.17) is 5.73 Å². The largest absolute Gasteiger partial charge is 0.369 e. The minimum Gasteiger partial charge on any atom is -0.369 e. The molecule has 0 unspecified atom stereocenters. The zero-order chi connectivity index (χ0) is 16.9. The molecule has 1 amide bonds. The number of carbonyl (C=O) groups is 1. The molecule has 0 aliphatic rings. The van der Waals surface area contributed by atoms with Crippen molar-refractivity contribution in [2.45, 2.75) is 16.2 Å². The highest BCUT2D eigenvalue weighted by atomic mass is 32.2. The Bertz CT molecular complexity index is 909. The smallest absolute Gasteiger partial charge is 0.272 e. The quantitative estimate of drug-likeness (QED) is 0.775. The molecule has 3 aromatic rings. The molecule has 5 nitrogen and oxygen atoms in total. The number of benzene rings is 2. The van der Waals surface area contributed by atoms with Crippen LogP contribution in [-0.4, -0.2) is 15.7 Å². The molecule has 0 saturated carbocycles. The van der Waals surface area contributed by atoms with Gasteiger partial charge in [0, 0.05) is 15.9 Å². The topological polar surface area (TPSA) is 78.0 Å². The number of nitrogens with zero attached hydrogens (tertiary/aromatic N) is 2. The maximum Gasteiger partial charge on any atom is 0.272 e. The summed E-state index contributed by atoms with van der Waals surface area (Å²) in [5, 5.41) is 4.36. The molecule has 1 aromatic heterocycles. The molecular formula is C18H15N3O2S. The van der Waals surface area contributed by atoms with Gasteiger partial charge in [0.15, 0.2) is 0 Å². The van der Waals surface area contributed by atoms with Crippen molar-refractivity contribution in [2.75, 3.05) is 0 Å². The molecule has 1 heterocycles. The number of nitrogens with two attached hydrogens (primary N) is 1. The lowest BCUT2D eigenvalue weighted by Crippen LogP contribution is -2.25. The molecule has 120 valence electrons. The Morgan fingerprint density at radius 2 is 1.67 bits per heavy atom. The van der Waals surface area contributed by atoms with E-state index in [0.717, 1.165) is 4.90 Å². The van der Waals surface area contributed by atoms with Gasteiger partial charge in [-0.2, -0.15) is 9.78 Å². The number of hydrogen-bond acceptors (Lipinski definition) is 4. The highest BCUT2D eigenvalue weighted by Gasteiger charge is 2.13. The summed E-state index contributed by atoms with van der Waals surface area (Å²) in [4.78, 5) is 25.4. The van der Waals surface area contributed by atoms with E-state index in [0.29, 0.717) is 16.3 Å². The molecule has 0 spiro atoms. The van der Waals surface area contributed by atoms with Gasteiger partial charge in [-0.3, -0.25) is 9.59 Å². The summed E-state index contributed by atoms with van der Waals surface area (Å²) in [5.74, 6) is -0.490. The molecule has 24 heavy (non-hydrogen) atoms. The number of rotatable bonds is 5. The van der Waals surface area contributed by atoms with Crippen molar-refractivity contribution in [1.29, 1.82) is 0 Å². The molecule has 0 fully saturated rings. The van der Waals surface area contributed by atoms with Crippen molar-refractivity contribution < 1.29 is 4.79 Å². The molecule has 0 aliphatic carbocycles. The van der Waals surface area contributed by atoms with Crippen LogP contribution in [0.4, 0.5) is 0 Å². The highest BCUT2D eigenvalue weighted by Crippen LogP contribution is 2.28. The second-order valence-corrected chi connectivity index (χ2v) is 6.21. The number of aromatic nitrogens is 2. The molecule has 0 atom stereocenters. The van der Waals surface area contributed by atoms with Gasteiger partial charge >= 0.3 is 0 Å². The molecule has 0 saturated heterocycles. The predicted molar refractivity (Wildman–Crippen MR) is 93.3 cm³/mol. The molecule has 0 aliphatic heterocycles. The second kappa shape index (κ2) is 7.14. The van der Waals surface area contributed by atoms with Crippen LogP contribution in [0.1, 0.15) is 5.69 Å². The van der Waals surface area contributed by atoms with Crippen molar-refractivity contribution in [1.82, 2.24) is 9.78 Å². The average Bonchev–Trinajstić information content (AvgIpc) is 2.58. The maximum absolute atomic E-state index is 12.4. The summed E-state index contributed by atoms with van der Waals surface area (Å²) in [6.45, 7) is 0. The average molecular weight is 337 g/mol. The summed E-state index contributed by atoms with van der Waals surface area (Å²) >= 11 is 1.39. The standard InChI is InChI=1S/C18H15N3O2S/c19-17(22)11-15-16(24-14-9-5-2-6-10-14)12-18(23)21(20-15)13-7-3-1-4-8-13/h1-10,12H,11H2,(H2,19,22). The van der Waals surface area contributed by atoms with Gasteiger partial charge in [0.2, 0.25) is 5.91 Å². The fourth-order valence-corrected chi connectivity index (χ4v) is 3.16. The van der Waals surface area contributed by atoms with E-state index in [1.165, 1.54) is 22.5 Å². The van der Waals surface area contributed by atoms with Gasteiger partial charge in [-0.25, -0.2) is 0 Å². The first-order valence-electron chi connectivity index (χ1n) is 7.33. The SMILES string of the molecule is NC(=O)Cc1nn(-c2ccccc2)c(=O)cc1Sc1ccccc1. The third-order valence-corrected chi connectivity index (χ3v) is 4.36. The monoisotopic (exact) mass is 337 g/mol. The Morgan fingerprint density at radius 1 is 1.04 bits per heavy atom. The summed E-state index contributed by atoms with van der Waals surface area (Å²) in [5.41, 5.74) is 6.21. The van der Waals surface area contributed by atoms with Crippen LogP contribution < -0.4 is 11.3 Å². The van der Waals surface area contributed by atoms with Crippen LogP contribution in [0, 0.1) is 0 Å². The number of hydrogen-bond donors (Lipinski definition) is 1. The lowest BCUT2D eigenvalue weighted by Gasteiger charge is -2.11. The zero-order valence-electron chi connectivity index (χ0n) is 12.8. The fourth-order valence-electron chi connectivity index (χ4n) is 2.22. The van der Waals surface area contributed by atoms with Crippen molar-refractivity contribution >= 4 is 17.7 Å². The third-order valence-electron chi connectivity index (χ3n) is 3.28. The lowest BCUT2D eigenvalue weighted by molar-refractivity contribution is -0.117. The van der Waals surface area contributed by atoms with Crippen molar-refractivity contribution in [3.8, 4) is 5.69 Å².